The second-order valence-electron chi connectivity index (χ2n) is 5.29. The summed E-state index contributed by atoms with van der Waals surface area (Å²) in [5, 5.41) is 18.0. The van der Waals surface area contributed by atoms with Crippen molar-refractivity contribution < 1.29 is 10.2 Å². The van der Waals surface area contributed by atoms with Crippen LogP contribution in [0.15, 0.2) is 0 Å². The fourth-order valence-electron chi connectivity index (χ4n) is 2.15. The summed E-state index contributed by atoms with van der Waals surface area (Å²) < 4.78 is 0. The highest BCUT2D eigenvalue weighted by Gasteiger charge is 2.12. The van der Waals surface area contributed by atoms with Crippen LogP contribution in [0, 0.1) is 0 Å². The van der Waals surface area contributed by atoms with Crippen LogP contribution in [-0.2, 0) is 0 Å². The van der Waals surface area contributed by atoms with Gasteiger partial charge in [0, 0.05) is 5.25 Å². The zero-order chi connectivity index (χ0) is 13.6. The zero-order valence-electron chi connectivity index (χ0n) is 12.0. The molecule has 0 fully saturated rings. The molecule has 0 saturated heterocycles. The lowest BCUT2D eigenvalue weighted by Crippen LogP contribution is -2.24. The van der Waals surface area contributed by atoms with Crippen LogP contribution >= 0.6 is 12.6 Å². The normalized spacial score (nSPS) is 14.7. The molecular formula is C15H32O2S. The van der Waals surface area contributed by atoms with Crippen molar-refractivity contribution in [3.05, 3.63) is 0 Å². The third-order valence-corrected chi connectivity index (χ3v) is 4.09. The largest absolute Gasteiger partial charge is 0.394 e. The number of aliphatic hydroxyl groups excluding tert-OH is 2. The number of thiol groups is 1. The number of hydrogen-bond acceptors (Lipinski definition) is 3. The van der Waals surface area contributed by atoms with Crippen LogP contribution in [0.2, 0.25) is 0 Å². The highest BCUT2D eigenvalue weighted by Crippen LogP contribution is 2.15. The van der Waals surface area contributed by atoms with Gasteiger partial charge in [-0.3, -0.25) is 0 Å². The summed E-state index contributed by atoms with van der Waals surface area (Å²) in [5.41, 5.74) is 0. The Bertz CT molecular complexity index is 165. The summed E-state index contributed by atoms with van der Waals surface area (Å²) in [6.45, 7) is 2.08. The molecule has 0 aromatic rings. The maximum Gasteiger partial charge on any atom is 0.0886 e. The molecule has 0 aromatic heterocycles. The lowest BCUT2D eigenvalue weighted by atomic mass is 10.0. The van der Waals surface area contributed by atoms with Crippen LogP contribution in [0.4, 0.5) is 0 Å². The maximum absolute atomic E-state index is 9.34. The summed E-state index contributed by atoms with van der Waals surface area (Å²) in [6.07, 6.45) is 13.5. The van der Waals surface area contributed by atoms with Crippen LogP contribution in [0.1, 0.15) is 77.6 Å². The van der Waals surface area contributed by atoms with E-state index in [4.69, 9.17) is 5.11 Å². The highest BCUT2D eigenvalue weighted by atomic mass is 32.1. The minimum absolute atomic E-state index is 0.0657. The Morgan fingerprint density at radius 3 is 1.72 bits per heavy atom. The third-order valence-electron chi connectivity index (χ3n) is 3.48. The van der Waals surface area contributed by atoms with Gasteiger partial charge in [-0.2, -0.15) is 12.6 Å². The molecule has 0 aromatic carbocycles. The van der Waals surface area contributed by atoms with Gasteiger partial charge in [0.2, 0.25) is 0 Å². The molecule has 0 radical (unpaired) electrons. The summed E-state index contributed by atoms with van der Waals surface area (Å²) in [6, 6.07) is 0. The van der Waals surface area contributed by atoms with Gasteiger partial charge >= 0.3 is 0 Å². The summed E-state index contributed by atoms with van der Waals surface area (Å²) in [4.78, 5) is 0. The zero-order valence-corrected chi connectivity index (χ0v) is 12.9. The molecule has 0 aliphatic rings. The molecule has 2 N–H and O–H groups in total. The Morgan fingerprint density at radius 1 is 0.833 bits per heavy atom. The van der Waals surface area contributed by atoms with Gasteiger partial charge in [-0.25, -0.2) is 0 Å². The Morgan fingerprint density at radius 2 is 1.28 bits per heavy atom. The topological polar surface area (TPSA) is 40.5 Å². The maximum atomic E-state index is 9.34. The van der Waals surface area contributed by atoms with Crippen molar-refractivity contribution in [2.45, 2.75) is 88.9 Å². The average molecular weight is 276 g/mol. The molecule has 0 rings (SSSR count). The predicted octanol–water partition coefficient (Wildman–Crippen LogP) is 3.95. The van der Waals surface area contributed by atoms with Gasteiger partial charge in [0.1, 0.15) is 0 Å². The van der Waals surface area contributed by atoms with E-state index in [1.54, 1.807) is 0 Å². The van der Waals surface area contributed by atoms with Crippen molar-refractivity contribution in [1.29, 1.82) is 0 Å². The summed E-state index contributed by atoms with van der Waals surface area (Å²) in [7, 11) is 0. The fourth-order valence-corrected chi connectivity index (χ4v) is 2.43. The summed E-state index contributed by atoms with van der Waals surface area (Å²) in [5.74, 6) is 0. The molecule has 0 heterocycles. The SMILES string of the molecule is CCCCCCCCCCCCC(S)C(O)CO. The molecule has 0 aliphatic heterocycles. The van der Waals surface area contributed by atoms with Gasteiger partial charge in [-0.1, -0.05) is 71.1 Å². The smallest absolute Gasteiger partial charge is 0.0886 e. The van der Waals surface area contributed by atoms with Crippen molar-refractivity contribution in [1.82, 2.24) is 0 Å². The Labute approximate surface area is 119 Å². The first-order valence-corrected chi connectivity index (χ1v) is 8.21. The van der Waals surface area contributed by atoms with Crippen molar-refractivity contribution in [2.24, 2.45) is 0 Å². The molecular weight excluding hydrogens is 244 g/mol. The van der Waals surface area contributed by atoms with Gasteiger partial charge in [-0.05, 0) is 6.42 Å². The molecule has 0 spiro atoms. The van der Waals surface area contributed by atoms with Crippen LogP contribution in [0.3, 0.4) is 0 Å². The van der Waals surface area contributed by atoms with Crippen molar-refractivity contribution in [2.75, 3.05) is 6.61 Å². The quantitative estimate of drug-likeness (QED) is 0.352. The van der Waals surface area contributed by atoms with Crippen LogP contribution in [0.25, 0.3) is 0 Å². The van der Waals surface area contributed by atoms with E-state index >= 15 is 0 Å². The van der Waals surface area contributed by atoms with Crippen LogP contribution < -0.4 is 0 Å². The molecule has 0 aliphatic carbocycles. The lowest BCUT2D eigenvalue weighted by molar-refractivity contribution is 0.0912. The average Bonchev–Trinajstić information content (AvgIpc) is 2.39. The number of unbranched alkanes of at least 4 members (excludes halogenated alkanes) is 9. The second-order valence-corrected chi connectivity index (χ2v) is 5.95. The van der Waals surface area contributed by atoms with Gasteiger partial charge in [0.25, 0.3) is 0 Å². The molecule has 3 heteroatoms. The van der Waals surface area contributed by atoms with E-state index in [0.717, 1.165) is 12.8 Å². The third kappa shape index (κ3) is 11.4. The number of aliphatic hydroxyl groups is 2. The number of rotatable bonds is 13. The van der Waals surface area contributed by atoms with Crippen molar-refractivity contribution in [3.63, 3.8) is 0 Å². The predicted molar refractivity (Wildman–Crippen MR) is 82.3 cm³/mol. The molecule has 110 valence electrons. The van der Waals surface area contributed by atoms with Crippen LogP contribution in [0.5, 0.6) is 0 Å². The molecule has 0 amide bonds. The van der Waals surface area contributed by atoms with E-state index in [1.807, 2.05) is 0 Å². The van der Waals surface area contributed by atoms with E-state index in [1.165, 1.54) is 57.8 Å². The van der Waals surface area contributed by atoms with E-state index in [9.17, 15) is 5.11 Å². The number of hydrogen-bond donors (Lipinski definition) is 3. The van der Waals surface area contributed by atoms with E-state index < -0.39 is 6.10 Å². The van der Waals surface area contributed by atoms with Gasteiger partial charge in [-0.15, -0.1) is 0 Å². The first kappa shape index (κ1) is 18.3. The Kier molecular flexibility index (Phi) is 13.9. The second kappa shape index (κ2) is 13.7. The van der Waals surface area contributed by atoms with Gasteiger partial charge in [0.15, 0.2) is 0 Å². The minimum atomic E-state index is -0.660. The van der Waals surface area contributed by atoms with Crippen molar-refractivity contribution >= 4 is 12.6 Å². The fraction of sp³-hybridized carbons (Fsp3) is 1.00. The van der Waals surface area contributed by atoms with E-state index in [-0.39, 0.29) is 11.9 Å². The van der Waals surface area contributed by atoms with E-state index in [0.29, 0.717) is 0 Å². The molecule has 18 heavy (non-hydrogen) atoms. The molecule has 0 bridgehead atoms. The van der Waals surface area contributed by atoms with E-state index in [2.05, 4.69) is 19.6 Å². The lowest BCUT2D eigenvalue weighted by Gasteiger charge is -2.15. The Hall–Kier alpha value is 0.270. The van der Waals surface area contributed by atoms with Gasteiger partial charge in [0.05, 0.1) is 12.7 Å². The minimum Gasteiger partial charge on any atom is -0.394 e. The first-order chi connectivity index (χ1) is 8.72. The summed E-state index contributed by atoms with van der Waals surface area (Å²) >= 11 is 4.29. The molecule has 2 atom stereocenters. The van der Waals surface area contributed by atoms with Crippen molar-refractivity contribution in [3.8, 4) is 0 Å². The first-order valence-electron chi connectivity index (χ1n) is 7.69. The monoisotopic (exact) mass is 276 g/mol. The Balaban J connectivity index is 3.11. The highest BCUT2D eigenvalue weighted by molar-refractivity contribution is 7.81. The standard InChI is InChI=1S/C15H32O2S/c1-2-3-4-5-6-7-8-9-10-11-12-15(18)14(17)13-16/h14-18H,2-13H2,1H3. The molecule has 2 unspecified atom stereocenters. The molecule has 2 nitrogen and oxygen atoms in total. The molecule has 0 saturated carbocycles. The van der Waals surface area contributed by atoms with Crippen LogP contribution in [-0.4, -0.2) is 28.2 Å². The van der Waals surface area contributed by atoms with Gasteiger partial charge < -0.3 is 10.2 Å².